The number of nitrogens with one attached hydrogen (secondary N) is 2. The second-order valence-electron chi connectivity index (χ2n) is 10.0. The van der Waals surface area contributed by atoms with E-state index in [1.165, 1.54) is 11.3 Å². The van der Waals surface area contributed by atoms with E-state index in [-0.39, 0.29) is 6.03 Å². The molecule has 12 heteroatoms. The highest BCUT2D eigenvalue weighted by Gasteiger charge is 2.37. The van der Waals surface area contributed by atoms with Gasteiger partial charge in [-0.1, -0.05) is 11.3 Å². The van der Waals surface area contributed by atoms with Crippen LogP contribution in [0.1, 0.15) is 32.3 Å². The topological polar surface area (TPSA) is 133 Å². The predicted octanol–water partition coefficient (Wildman–Crippen LogP) is 3.42. The molecule has 0 bridgehead atoms. The Balaban J connectivity index is 1.40. The first-order chi connectivity index (χ1) is 18.3. The highest BCUT2D eigenvalue weighted by molar-refractivity contribution is 7.22. The molecule has 1 aromatic carbocycles. The van der Waals surface area contributed by atoms with Crippen molar-refractivity contribution in [2.75, 3.05) is 56.2 Å². The summed E-state index contributed by atoms with van der Waals surface area (Å²) in [5, 5.41) is 15.6. The third-order valence-corrected chi connectivity index (χ3v) is 8.32. The fourth-order valence-electron chi connectivity index (χ4n) is 4.79. The van der Waals surface area contributed by atoms with Gasteiger partial charge < -0.3 is 20.1 Å². The van der Waals surface area contributed by atoms with Crippen LogP contribution < -0.4 is 15.5 Å². The highest BCUT2D eigenvalue weighted by atomic mass is 32.1. The zero-order chi connectivity index (χ0) is 26.7. The summed E-state index contributed by atoms with van der Waals surface area (Å²) in [6.45, 7) is 9.34. The van der Waals surface area contributed by atoms with Crippen molar-refractivity contribution in [2.24, 2.45) is 5.41 Å². The number of aliphatic carboxylic acids is 1. The molecule has 0 saturated carbocycles. The van der Waals surface area contributed by atoms with Gasteiger partial charge in [-0.3, -0.25) is 15.0 Å². The van der Waals surface area contributed by atoms with Gasteiger partial charge >= 0.3 is 12.0 Å². The summed E-state index contributed by atoms with van der Waals surface area (Å²) in [5.41, 5.74) is 3.09. The number of aromatic nitrogens is 3. The quantitative estimate of drug-likeness (QED) is 0.413. The molecule has 0 unspecified atom stereocenters. The van der Waals surface area contributed by atoms with E-state index in [2.05, 4.69) is 31.6 Å². The Morgan fingerprint density at radius 3 is 2.47 bits per heavy atom. The van der Waals surface area contributed by atoms with Gasteiger partial charge in [0.05, 0.1) is 28.8 Å². The van der Waals surface area contributed by atoms with Crippen molar-refractivity contribution in [1.29, 1.82) is 0 Å². The van der Waals surface area contributed by atoms with Crippen molar-refractivity contribution in [3.63, 3.8) is 0 Å². The number of carbonyl (C=O) groups is 2. The van der Waals surface area contributed by atoms with E-state index in [1.807, 2.05) is 30.3 Å². The molecule has 11 nitrogen and oxygen atoms in total. The number of nitrogens with zero attached hydrogens (tertiary/aromatic N) is 5. The minimum absolute atomic E-state index is 0.271. The molecule has 3 N–H and O–H groups in total. The number of carboxylic acid groups (broad SMARTS) is 1. The maximum absolute atomic E-state index is 12.1. The molecule has 0 aliphatic carbocycles. The Hall–Kier alpha value is -3.35. The Kier molecular flexibility index (Phi) is 7.73. The molecular weight excluding hydrogens is 506 g/mol. The highest BCUT2D eigenvalue weighted by Crippen LogP contribution is 2.35. The minimum atomic E-state index is -0.747. The standard InChI is InChI=1S/C26H33N7O4S/c1-3-27-24(36)31-25-30-20-13-17(12-18(21(20)38-25)16-32-8-10-37-11-9-32)19-14-28-23(29-15-19)33-6-4-26(2,5-7-33)22(34)35/h12-15H,3-11,16H2,1-2H3,(H,34,35)(H2,27,30,31,36). The molecule has 0 atom stereocenters. The summed E-state index contributed by atoms with van der Waals surface area (Å²) >= 11 is 1.47. The molecule has 5 rings (SSSR count). The number of carboxylic acids is 1. The lowest BCUT2D eigenvalue weighted by Gasteiger charge is -2.36. The number of ether oxygens (including phenoxy) is 1. The molecule has 2 amide bonds. The number of piperidine rings is 1. The van der Waals surface area contributed by atoms with Crippen LogP contribution in [0.5, 0.6) is 0 Å². The van der Waals surface area contributed by atoms with E-state index in [9.17, 15) is 14.7 Å². The van der Waals surface area contributed by atoms with E-state index >= 15 is 0 Å². The van der Waals surface area contributed by atoms with Crippen LogP contribution in [0, 0.1) is 5.41 Å². The number of morpholine rings is 1. The van der Waals surface area contributed by atoms with Crippen molar-refractivity contribution in [2.45, 2.75) is 33.2 Å². The average molecular weight is 540 g/mol. The van der Waals surface area contributed by atoms with Gasteiger partial charge in [0.15, 0.2) is 5.13 Å². The lowest BCUT2D eigenvalue weighted by atomic mass is 9.80. The molecule has 2 saturated heterocycles. The largest absolute Gasteiger partial charge is 0.481 e. The minimum Gasteiger partial charge on any atom is -0.481 e. The lowest BCUT2D eigenvalue weighted by Crippen LogP contribution is -2.43. The normalized spacial score (nSPS) is 17.9. The van der Waals surface area contributed by atoms with Crippen LogP contribution in [-0.2, 0) is 16.1 Å². The maximum Gasteiger partial charge on any atom is 0.321 e. The number of rotatable bonds is 7. The second-order valence-corrected chi connectivity index (χ2v) is 11.0. The fraction of sp³-hybridized carbons (Fsp3) is 0.500. The molecule has 0 spiro atoms. The van der Waals surface area contributed by atoms with Gasteiger partial charge in [-0.2, -0.15) is 0 Å². The smallest absolute Gasteiger partial charge is 0.321 e. The Bertz CT molecular complexity index is 1300. The zero-order valence-electron chi connectivity index (χ0n) is 21.7. The number of hydrogen-bond donors (Lipinski definition) is 3. The fourth-order valence-corrected chi connectivity index (χ4v) is 5.73. The summed E-state index contributed by atoms with van der Waals surface area (Å²) in [6, 6.07) is 3.89. The van der Waals surface area contributed by atoms with Crippen molar-refractivity contribution in [3.05, 3.63) is 30.1 Å². The second kappa shape index (κ2) is 11.2. The first-order valence-corrected chi connectivity index (χ1v) is 13.8. The first-order valence-electron chi connectivity index (χ1n) is 12.9. The van der Waals surface area contributed by atoms with Gasteiger partial charge in [-0.25, -0.2) is 19.7 Å². The zero-order valence-corrected chi connectivity index (χ0v) is 22.5. The number of fused-ring (bicyclic) bond motifs is 1. The van der Waals surface area contributed by atoms with Crippen molar-refractivity contribution >= 4 is 44.6 Å². The number of carbonyl (C=O) groups excluding carboxylic acids is 1. The average Bonchev–Trinajstić information content (AvgIpc) is 3.32. The molecule has 2 fully saturated rings. The van der Waals surface area contributed by atoms with Crippen LogP contribution in [-0.4, -0.2) is 82.9 Å². The van der Waals surface area contributed by atoms with Crippen molar-refractivity contribution in [3.8, 4) is 11.1 Å². The third kappa shape index (κ3) is 5.71. The van der Waals surface area contributed by atoms with Gasteiger partial charge in [0.25, 0.3) is 0 Å². The van der Waals surface area contributed by atoms with Crippen molar-refractivity contribution < 1.29 is 19.4 Å². The number of benzene rings is 1. The van der Waals surface area contributed by atoms with Crippen LogP contribution in [0.4, 0.5) is 15.9 Å². The number of amides is 2. The van der Waals surface area contributed by atoms with E-state index < -0.39 is 11.4 Å². The molecular formula is C26H33N7O4S. The van der Waals surface area contributed by atoms with E-state index in [0.29, 0.717) is 56.8 Å². The number of anilines is 2. The summed E-state index contributed by atoms with van der Waals surface area (Å²) in [4.78, 5) is 42.0. The summed E-state index contributed by atoms with van der Waals surface area (Å²) in [7, 11) is 0. The SMILES string of the molecule is CCNC(=O)Nc1nc2cc(-c3cnc(N4CCC(C)(C(=O)O)CC4)nc3)cc(CN3CCOCC3)c2s1. The summed E-state index contributed by atoms with van der Waals surface area (Å²) in [5.74, 6) is -0.138. The van der Waals surface area contributed by atoms with Crippen LogP contribution in [0.3, 0.4) is 0 Å². The Morgan fingerprint density at radius 2 is 1.82 bits per heavy atom. The van der Waals surface area contributed by atoms with Crippen LogP contribution in [0.15, 0.2) is 24.5 Å². The number of urea groups is 1. The van der Waals surface area contributed by atoms with Gasteiger partial charge in [0.2, 0.25) is 5.95 Å². The van der Waals surface area contributed by atoms with Crippen LogP contribution in [0.25, 0.3) is 21.3 Å². The number of thiazole rings is 1. The monoisotopic (exact) mass is 539 g/mol. The molecule has 202 valence electrons. The third-order valence-electron chi connectivity index (χ3n) is 7.26. The van der Waals surface area contributed by atoms with E-state index in [4.69, 9.17) is 9.72 Å². The number of hydrogen-bond acceptors (Lipinski definition) is 9. The Labute approximate surface area is 225 Å². The molecule has 38 heavy (non-hydrogen) atoms. The van der Waals surface area contributed by atoms with Gasteiger partial charge in [0.1, 0.15) is 0 Å². The molecule has 2 aliphatic rings. The Morgan fingerprint density at radius 1 is 1.11 bits per heavy atom. The molecule has 2 aliphatic heterocycles. The van der Waals surface area contributed by atoms with Crippen LogP contribution in [0.2, 0.25) is 0 Å². The molecule has 4 heterocycles. The summed E-state index contributed by atoms with van der Waals surface area (Å²) in [6.07, 6.45) is 4.75. The van der Waals surface area contributed by atoms with Gasteiger partial charge in [-0.15, -0.1) is 0 Å². The molecule has 3 aromatic rings. The van der Waals surface area contributed by atoms with E-state index in [0.717, 1.165) is 46.5 Å². The maximum atomic E-state index is 12.1. The van der Waals surface area contributed by atoms with Crippen LogP contribution >= 0.6 is 11.3 Å². The van der Waals surface area contributed by atoms with Gasteiger partial charge in [0, 0.05) is 57.2 Å². The lowest BCUT2D eigenvalue weighted by molar-refractivity contribution is -0.149. The van der Waals surface area contributed by atoms with Gasteiger partial charge in [-0.05, 0) is 49.9 Å². The van der Waals surface area contributed by atoms with Crippen molar-refractivity contribution in [1.82, 2.24) is 25.2 Å². The molecule has 0 radical (unpaired) electrons. The summed E-state index contributed by atoms with van der Waals surface area (Å²) < 4.78 is 6.56. The first kappa shape index (κ1) is 26.3. The molecule has 2 aromatic heterocycles. The van der Waals surface area contributed by atoms with E-state index in [1.54, 1.807) is 6.92 Å². The predicted molar refractivity (Wildman–Crippen MR) is 147 cm³/mol.